The number of rotatable bonds is 2. The zero-order chi connectivity index (χ0) is 16.4. The molecule has 3 rings (SSSR count). The summed E-state index contributed by atoms with van der Waals surface area (Å²) in [5.74, 6) is -0.417. The van der Waals surface area contributed by atoms with Gasteiger partial charge in [-0.1, -0.05) is 41.9 Å². The number of methoxy groups -OCH3 is 1. The molecule has 0 spiro atoms. The molecule has 0 aliphatic carbocycles. The molecule has 0 atom stereocenters. The summed E-state index contributed by atoms with van der Waals surface area (Å²) >= 11 is 6.32. The van der Waals surface area contributed by atoms with Crippen molar-refractivity contribution in [3.05, 3.63) is 70.7 Å². The first-order valence-electron chi connectivity index (χ1n) is 6.96. The Labute approximate surface area is 138 Å². The number of hydrogen-bond donors (Lipinski definition) is 0. The maximum absolute atomic E-state index is 11.8. The van der Waals surface area contributed by atoms with E-state index in [1.807, 2.05) is 30.3 Å². The van der Waals surface area contributed by atoms with Crippen molar-refractivity contribution in [3.8, 4) is 17.2 Å². The van der Waals surface area contributed by atoms with Crippen molar-refractivity contribution in [1.82, 2.24) is 0 Å². The summed E-state index contributed by atoms with van der Waals surface area (Å²) in [6.07, 6.45) is 0. The van der Waals surface area contributed by atoms with Crippen LogP contribution in [0.5, 0.6) is 0 Å². The molecule has 112 valence electrons. The summed E-state index contributed by atoms with van der Waals surface area (Å²) < 4.78 is 4.78. The van der Waals surface area contributed by atoms with Crippen molar-refractivity contribution >= 4 is 28.3 Å². The number of ether oxygens (including phenoxy) is 1. The summed E-state index contributed by atoms with van der Waals surface area (Å²) in [4.78, 5) is 11.8. The normalized spacial score (nSPS) is 10.3. The smallest absolute Gasteiger partial charge is 0.337 e. The molecular formula is C19H12ClNO2. The van der Waals surface area contributed by atoms with Gasteiger partial charge in [0.1, 0.15) is 0 Å². The number of esters is 1. The second-order valence-electron chi connectivity index (χ2n) is 5.01. The topological polar surface area (TPSA) is 50.1 Å². The average molecular weight is 322 g/mol. The van der Waals surface area contributed by atoms with Crippen LogP contribution in [0.15, 0.2) is 54.6 Å². The van der Waals surface area contributed by atoms with Crippen LogP contribution < -0.4 is 0 Å². The third kappa shape index (κ3) is 2.65. The van der Waals surface area contributed by atoms with Gasteiger partial charge >= 0.3 is 5.97 Å². The van der Waals surface area contributed by atoms with Crippen molar-refractivity contribution in [2.45, 2.75) is 0 Å². The van der Waals surface area contributed by atoms with Gasteiger partial charge in [-0.05, 0) is 35.0 Å². The van der Waals surface area contributed by atoms with Crippen LogP contribution in [-0.4, -0.2) is 13.1 Å². The van der Waals surface area contributed by atoms with Crippen LogP contribution in [0.3, 0.4) is 0 Å². The van der Waals surface area contributed by atoms with Crippen molar-refractivity contribution in [2.24, 2.45) is 0 Å². The highest BCUT2D eigenvalue weighted by molar-refractivity contribution is 6.33. The van der Waals surface area contributed by atoms with Gasteiger partial charge in [0.25, 0.3) is 0 Å². The zero-order valence-electron chi connectivity index (χ0n) is 12.3. The van der Waals surface area contributed by atoms with Gasteiger partial charge in [0.05, 0.1) is 24.3 Å². The van der Waals surface area contributed by atoms with Gasteiger partial charge in [-0.15, -0.1) is 0 Å². The standard InChI is InChI=1S/C19H12ClNO2/c1-23-19(22)13-8-6-12-7-9-14(11-21)18(16(12)10-13)15-4-2-3-5-17(15)20/h2-10H,1H3. The molecule has 3 nitrogen and oxygen atoms in total. The Kier molecular flexibility index (Phi) is 4.01. The molecule has 3 aromatic rings. The van der Waals surface area contributed by atoms with E-state index >= 15 is 0 Å². The van der Waals surface area contributed by atoms with Crippen LogP contribution in [0.25, 0.3) is 21.9 Å². The summed E-state index contributed by atoms with van der Waals surface area (Å²) in [5, 5.41) is 11.7. The monoisotopic (exact) mass is 321 g/mol. The minimum atomic E-state index is -0.417. The fourth-order valence-electron chi connectivity index (χ4n) is 2.61. The fourth-order valence-corrected chi connectivity index (χ4v) is 2.84. The van der Waals surface area contributed by atoms with E-state index in [4.69, 9.17) is 16.3 Å². The van der Waals surface area contributed by atoms with E-state index in [0.29, 0.717) is 16.1 Å². The average Bonchev–Trinajstić information content (AvgIpc) is 2.60. The molecule has 4 heteroatoms. The van der Waals surface area contributed by atoms with E-state index in [0.717, 1.165) is 21.9 Å². The molecule has 0 saturated carbocycles. The second-order valence-corrected chi connectivity index (χ2v) is 5.41. The van der Waals surface area contributed by atoms with Gasteiger partial charge in [-0.25, -0.2) is 4.79 Å². The number of carbonyl (C=O) groups excluding carboxylic acids is 1. The molecule has 0 heterocycles. The third-order valence-corrected chi connectivity index (χ3v) is 4.04. The summed E-state index contributed by atoms with van der Waals surface area (Å²) in [6.45, 7) is 0. The van der Waals surface area contributed by atoms with Gasteiger partial charge < -0.3 is 4.74 Å². The van der Waals surface area contributed by atoms with E-state index in [1.54, 1.807) is 24.3 Å². The predicted molar refractivity (Wildman–Crippen MR) is 90.4 cm³/mol. The Morgan fingerprint density at radius 3 is 2.57 bits per heavy atom. The highest BCUT2D eigenvalue weighted by Gasteiger charge is 2.15. The highest BCUT2D eigenvalue weighted by Crippen LogP contribution is 2.36. The first kappa shape index (κ1) is 15.1. The molecule has 3 aromatic carbocycles. The number of hydrogen-bond acceptors (Lipinski definition) is 3. The first-order chi connectivity index (χ1) is 11.2. The number of carbonyl (C=O) groups is 1. The van der Waals surface area contributed by atoms with E-state index in [2.05, 4.69) is 6.07 Å². The van der Waals surface area contributed by atoms with Gasteiger partial charge in [0, 0.05) is 16.1 Å². The minimum Gasteiger partial charge on any atom is -0.465 e. The number of fused-ring (bicyclic) bond motifs is 1. The van der Waals surface area contributed by atoms with Crippen LogP contribution in [-0.2, 0) is 4.74 Å². The lowest BCUT2D eigenvalue weighted by Crippen LogP contribution is -2.01. The van der Waals surface area contributed by atoms with Crippen molar-refractivity contribution in [3.63, 3.8) is 0 Å². The molecule has 0 aliphatic rings. The molecule has 0 unspecified atom stereocenters. The quantitative estimate of drug-likeness (QED) is 0.636. The number of nitriles is 1. The lowest BCUT2D eigenvalue weighted by molar-refractivity contribution is 0.0601. The fraction of sp³-hybridized carbons (Fsp3) is 0.0526. The van der Waals surface area contributed by atoms with Crippen molar-refractivity contribution in [2.75, 3.05) is 7.11 Å². The maximum Gasteiger partial charge on any atom is 0.337 e. The molecule has 0 aromatic heterocycles. The Balaban J connectivity index is 2.40. The lowest BCUT2D eigenvalue weighted by atomic mass is 9.92. The summed E-state index contributed by atoms with van der Waals surface area (Å²) in [5.41, 5.74) is 2.43. The third-order valence-electron chi connectivity index (χ3n) is 3.71. The first-order valence-corrected chi connectivity index (χ1v) is 7.33. The highest BCUT2D eigenvalue weighted by atomic mass is 35.5. The predicted octanol–water partition coefficient (Wildman–Crippen LogP) is 4.82. The van der Waals surface area contributed by atoms with Gasteiger partial charge in [-0.2, -0.15) is 5.26 Å². The van der Waals surface area contributed by atoms with Crippen LogP contribution in [0, 0.1) is 11.3 Å². The molecule has 0 bridgehead atoms. The van der Waals surface area contributed by atoms with Crippen LogP contribution in [0.4, 0.5) is 0 Å². The number of halogens is 1. The summed E-state index contributed by atoms with van der Waals surface area (Å²) in [7, 11) is 1.34. The van der Waals surface area contributed by atoms with E-state index in [-0.39, 0.29) is 0 Å². The van der Waals surface area contributed by atoms with Crippen molar-refractivity contribution in [1.29, 1.82) is 5.26 Å². The Bertz CT molecular complexity index is 957. The Hall–Kier alpha value is -2.83. The molecular weight excluding hydrogens is 310 g/mol. The van der Waals surface area contributed by atoms with Gasteiger partial charge in [0.15, 0.2) is 0 Å². The van der Waals surface area contributed by atoms with Crippen LogP contribution >= 0.6 is 11.6 Å². The van der Waals surface area contributed by atoms with E-state index in [1.165, 1.54) is 7.11 Å². The van der Waals surface area contributed by atoms with Crippen molar-refractivity contribution < 1.29 is 9.53 Å². The van der Waals surface area contributed by atoms with E-state index in [9.17, 15) is 10.1 Å². The minimum absolute atomic E-state index is 0.417. The number of nitrogens with zero attached hydrogens (tertiary/aromatic N) is 1. The molecule has 0 radical (unpaired) electrons. The van der Waals surface area contributed by atoms with Crippen LogP contribution in [0.2, 0.25) is 5.02 Å². The lowest BCUT2D eigenvalue weighted by Gasteiger charge is -2.12. The Morgan fingerprint density at radius 2 is 1.87 bits per heavy atom. The largest absolute Gasteiger partial charge is 0.465 e. The second kappa shape index (κ2) is 6.12. The molecule has 0 amide bonds. The van der Waals surface area contributed by atoms with Gasteiger partial charge in [-0.3, -0.25) is 0 Å². The number of benzene rings is 3. The molecule has 0 saturated heterocycles. The molecule has 0 fully saturated rings. The van der Waals surface area contributed by atoms with Crippen LogP contribution in [0.1, 0.15) is 15.9 Å². The SMILES string of the molecule is COC(=O)c1ccc2ccc(C#N)c(-c3ccccc3Cl)c2c1. The molecule has 0 N–H and O–H groups in total. The zero-order valence-corrected chi connectivity index (χ0v) is 13.1. The Morgan fingerprint density at radius 1 is 1.13 bits per heavy atom. The molecule has 23 heavy (non-hydrogen) atoms. The van der Waals surface area contributed by atoms with Gasteiger partial charge in [0.2, 0.25) is 0 Å². The molecule has 0 aliphatic heterocycles. The maximum atomic E-state index is 11.8. The summed E-state index contributed by atoms with van der Waals surface area (Å²) in [6, 6.07) is 18.4. The van der Waals surface area contributed by atoms with E-state index < -0.39 is 5.97 Å².